The predicted molar refractivity (Wildman–Crippen MR) is 124 cm³/mol. The molecule has 0 unspecified atom stereocenters. The molecule has 0 aliphatic carbocycles. The van der Waals surface area contributed by atoms with E-state index in [4.69, 9.17) is 4.74 Å². The summed E-state index contributed by atoms with van der Waals surface area (Å²) in [6.07, 6.45) is 0. The molecule has 1 aromatic heterocycles. The Balaban J connectivity index is 1.83. The maximum Gasteiger partial charge on any atom is 0.352 e. The summed E-state index contributed by atoms with van der Waals surface area (Å²) in [7, 11) is 3.53. The van der Waals surface area contributed by atoms with E-state index in [1.807, 2.05) is 38.2 Å². The summed E-state index contributed by atoms with van der Waals surface area (Å²) in [6.45, 7) is 4.40. The van der Waals surface area contributed by atoms with E-state index < -0.39 is 17.2 Å². The largest absolute Gasteiger partial charge is 0.497 e. The highest BCUT2D eigenvalue weighted by Gasteiger charge is 2.27. The van der Waals surface area contributed by atoms with Crippen LogP contribution in [0, 0.1) is 6.92 Å². The molecule has 172 valence electrons. The molecule has 9 nitrogen and oxygen atoms in total. The molecule has 0 bridgehead atoms. The van der Waals surface area contributed by atoms with Crippen LogP contribution in [0.25, 0.3) is 5.69 Å². The van der Waals surface area contributed by atoms with Gasteiger partial charge in [0.25, 0.3) is 11.5 Å². The van der Waals surface area contributed by atoms with Crippen LogP contribution in [0.4, 0.5) is 0 Å². The van der Waals surface area contributed by atoms with Gasteiger partial charge in [0.15, 0.2) is 0 Å². The minimum atomic E-state index is -0.685. The number of methoxy groups -OCH3 is 1. The number of likely N-dealkylation sites (N-methyl/N-ethyl adjacent to an activating group) is 1. The molecule has 2 heterocycles. The van der Waals surface area contributed by atoms with Crippen molar-refractivity contribution in [1.82, 2.24) is 24.1 Å². The van der Waals surface area contributed by atoms with Gasteiger partial charge < -0.3 is 14.5 Å². The first kappa shape index (κ1) is 22.5. The fourth-order valence-electron chi connectivity index (χ4n) is 3.83. The molecule has 1 aliphatic heterocycles. The number of aryl methyl sites for hydroxylation is 1. The molecular formula is C24H27N5O4. The molecule has 0 spiro atoms. The van der Waals surface area contributed by atoms with E-state index in [2.05, 4.69) is 10.00 Å². The highest BCUT2D eigenvalue weighted by atomic mass is 16.5. The Morgan fingerprint density at radius 1 is 1.03 bits per heavy atom. The molecule has 0 radical (unpaired) electrons. The molecule has 1 fully saturated rings. The summed E-state index contributed by atoms with van der Waals surface area (Å²) in [5.74, 6) is 0.155. The van der Waals surface area contributed by atoms with Crippen molar-refractivity contribution in [2.24, 2.45) is 0 Å². The van der Waals surface area contributed by atoms with E-state index >= 15 is 0 Å². The van der Waals surface area contributed by atoms with Crippen molar-refractivity contribution in [2.45, 2.75) is 13.5 Å². The average Bonchev–Trinajstić information content (AvgIpc) is 2.82. The lowest BCUT2D eigenvalue weighted by Gasteiger charge is -2.32. The predicted octanol–water partition coefficient (Wildman–Crippen LogP) is 1.15. The van der Waals surface area contributed by atoms with Crippen LogP contribution in [-0.4, -0.2) is 70.4 Å². The van der Waals surface area contributed by atoms with Crippen molar-refractivity contribution in [3.05, 3.63) is 86.2 Å². The Hall–Kier alpha value is -3.72. The smallest absolute Gasteiger partial charge is 0.352 e. The molecule has 1 amide bonds. The summed E-state index contributed by atoms with van der Waals surface area (Å²) in [5.41, 5.74) is 0.684. The van der Waals surface area contributed by atoms with E-state index in [1.165, 1.54) is 0 Å². The topological polar surface area (TPSA) is 89.7 Å². The monoisotopic (exact) mass is 449 g/mol. The maximum absolute atomic E-state index is 13.3. The second-order valence-corrected chi connectivity index (χ2v) is 8.22. The number of carbonyl (C=O) groups excluding carboxylic acids is 1. The minimum Gasteiger partial charge on any atom is -0.497 e. The number of benzene rings is 2. The summed E-state index contributed by atoms with van der Waals surface area (Å²) in [5, 5.41) is 4.24. The number of aromatic nitrogens is 3. The van der Waals surface area contributed by atoms with Crippen molar-refractivity contribution < 1.29 is 9.53 Å². The zero-order valence-corrected chi connectivity index (χ0v) is 19.0. The summed E-state index contributed by atoms with van der Waals surface area (Å²) < 4.78 is 7.38. The van der Waals surface area contributed by atoms with Crippen LogP contribution in [0.2, 0.25) is 0 Å². The van der Waals surface area contributed by atoms with E-state index in [1.54, 1.807) is 36.3 Å². The minimum absolute atomic E-state index is 0.0427. The lowest BCUT2D eigenvalue weighted by atomic mass is 10.1. The van der Waals surface area contributed by atoms with Gasteiger partial charge in [0.05, 0.1) is 19.3 Å². The maximum atomic E-state index is 13.3. The SMILES string of the molecule is COc1ccc(-n2nc(C(=O)N3CCN(C)CC3)c(=O)n(Cc3cccc(C)c3)c2=O)cc1. The van der Waals surface area contributed by atoms with Crippen LogP contribution in [0.5, 0.6) is 5.75 Å². The number of carbonyl (C=O) groups is 1. The van der Waals surface area contributed by atoms with Crippen molar-refractivity contribution in [3.63, 3.8) is 0 Å². The van der Waals surface area contributed by atoms with E-state index in [0.717, 1.165) is 20.4 Å². The number of amides is 1. The molecule has 3 aromatic rings. The third kappa shape index (κ3) is 4.73. The Kier molecular flexibility index (Phi) is 6.41. The van der Waals surface area contributed by atoms with Crippen LogP contribution in [-0.2, 0) is 6.54 Å². The Morgan fingerprint density at radius 2 is 1.73 bits per heavy atom. The van der Waals surface area contributed by atoms with Crippen molar-refractivity contribution in [2.75, 3.05) is 40.3 Å². The second-order valence-electron chi connectivity index (χ2n) is 8.22. The fourth-order valence-corrected chi connectivity index (χ4v) is 3.83. The quantitative estimate of drug-likeness (QED) is 0.581. The normalized spacial score (nSPS) is 14.3. The summed E-state index contributed by atoms with van der Waals surface area (Å²) in [6, 6.07) is 14.3. The highest BCUT2D eigenvalue weighted by Crippen LogP contribution is 2.13. The lowest BCUT2D eigenvalue weighted by Crippen LogP contribution is -2.51. The third-order valence-electron chi connectivity index (χ3n) is 5.79. The highest BCUT2D eigenvalue weighted by molar-refractivity contribution is 5.92. The molecule has 4 rings (SSSR count). The van der Waals surface area contributed by atoms with Gasteiger partial charge in [-0.15, -0.1) is 0 Å². The molecule has 2 aromatic carbocycles. The standard InChI is InChI=1S/C24H27N5O4/c1-17-5-4-6-18(15-17)16-28-23(31)21(22(30)27-13-11-26(2)12-14-27)25-29(24(28)32)19-7-9-20(33-3)10-8-19/h4-10,15H,11-14,16H2,1-3H3. The number of hydrogen-bond acceptors (Lipinski definition) is 6. The zero-order chi connectivity index (χ0) is 23.5. The van der Waals surface area contributed by atoms with Gasteiger partial charge in [-0.1, -0.05) is 29.8 Å². The van der Waals surface area contributed by atoms with Gasteiger partial charge in [0.1, 0.15) is 5.75 Å². The van der Waals surface area contributed by atoms with E-state index in [9.17, 15) is 14.4 Å². The van der Waals surface area contributed by atoms with Gasteiger partial charge in [-0.3, -0.25) is 14.2 Å². The van der Waals surface area contributed by atoms with Crippen molar-refractivity contribution in [1.29, 1.82) is 0 Å². The number of hydrogen-bond donors (Lipinski definition) is 0. The molecule has 0 atom stereocenters. The first-order valence-electron chi connectivity index (χ1n) is 10.8. The Labute approximate surface area is 191 Å². The van der Waals surface area contributed by atoms with Gasteiger partial charge >= 0.3 is 5.69 Å². The third-order valence-corrected chi connectivity index (χ3v) is 5.79. The lowest BCUT2D eigenvalue weighted by molar-refractivity contribution is 0.0652. The van der Waals surface area contributed by atoms with Crippen LogP contribution in [0.3, 0.4) is 0 Å². The van der Waals surface area contributed by atoms with Crippen molar-refractivity contribution in [3.8, 4) is 11.4 Å². The van der Waals surface area contributed by atoms with Gasteiger partial charge in [0, 0.05) is 26.2 Å². The molecule has 33 heavy (non-hydrogen) atoms. The molecule has 0 N–H and O–H groups in total. The number of piperazine rings is 1. The Morgan fingerprint density at radius 3 is 2.36 bits per heavy atom. The van der Waals surface area contributed by atoms with Crippen LogP contribution < -0.4 is 16.0 Å². The number of nitrogens with zero attached hydrogens (tertiary/aromatic N) is 5. The fraction of sp³-hybridized carbons (Fsp3) is 0.333. The average molecular weight is 450 g/mol. The van der Waals surface area contributed by atoms with E-state index in [-0.39, 0.29) is 12.2 Å². The molecule has 0 saturated carbocycles. The van der Waals surface area contributed by atoms with E-state index in [0.29, 0.717) is 37.6 Å². The zero-order valence-electron chi connectivity index (χ0n) is 19.0. The van der Waals surface area contributed by atoms with Crippen LogP contribution in [0.15, 0.2) is 58.1 Å². The van der Waals surface area contributed by atoms with Crippen molar-refractivity contribution >= 4 is 5.91 Å². The van der Waals surface area contributed by atoms with Gasteiger partial charge in [-0.25, -0.2) is 4.79 Å². The van der Waals surface area contributed by atoms with Gasteiger partial charge in [-0.2, -0.15) is 9.78 Å². The van der Waals surface area contributed by atoms with Gasteiger partial charge in [0.2, 0.25) is 5.69 Å². The molecule has 1 saturated heterocycles. The molecular weight excluding hydrogens is 422 g/mol. The number of rotatable bonds is 5. The Bertz CT molecular complexity index is 1270. The first-order valence-corrected chi connectivity index (χ1v) is 10.8. The van der Waals surface area contributed by atoms with Crippen LogP contribution in [0.1, 0.15) is 21.6 Å². The molecule has 1 aliphatic rings. The van der Waals surface area contributed by atoms with Crippen LogP contribution >= 0.6 is 0 Å². The first-order chi connectivity index (χ1) is 15.9. The molecule has 9 heteroatoms. The summed E-state index contributed by atoms with van der Waals surface area (Å²) in [4.78, 5) is 43.7. The number of ether oxygens (including phenoxy) is 1. The van der Waals surface area contributed by atoms with Gasteiger partial charge in [-0.05, 0) is 43.8 Å². The second kappa shape index (κ2) is 9.41. The summed E-state index contributed by atoms with van der Waals surface area (Å²) >= 11 is 0.